The molecule has 0 spiro atoms. The van der Waals surface area contributed by atoms with Crippen LogP contribution in [-0.2, 0) is 13.0 Å². The van der Waals surface area contributed by atoms with Crippen LogP contribution in [0.25, 0.3) is 0 Å². The van der Waals surface area contributed by atoms with Gasteiger partial charge in [-0.05, 0) is 37.5 Å². The van der Waals surface area contributed by atoms with Gasteiger partial charge in [0.25, 0.3) is 0 Å². The van der Waals surface area contributed by atoms with E-state index in [1.54, 1.807) is 11.3 Å². The van der Waals surface area contributed by atoms with Gasteiger partial charge in [-0.1, -0.05) is 35.9 Å². The minimum Gasteiger partial charge on any atom is -0.309 e. The highest BCUT2D eigenvalue weighted by atomic mass is 35.5. The summed E-state index contributed by atoms with van der Waals surface area (Å²) in [6.07, 6.45) is 1.06. The monoisotopic (exact) mass is 279 g/mol. The Hall–Kier alpha value is -0.830. The van der Waals surface area contributed by atoms with Crippen molar-refractivity contribution >= 4 is 22.9 Å². The predicted octanol–water partition coefficient (Wildman–Crippen LogP) is 4.43. The van der Waals surface area contributed by atoms with Gasteiger partial charge in [0.2, 0.25) is 0 Å². The van der Waals surface area contributed by atoms with Crippen LogP contribution >= 0.6 is 22.9 Å². The van der Waals surface area contributed by atoms with Gasteiger partial charge in [-0.15, -0.1) is 11.3 Å². The van der Waals surface area contributed by atoms with E-state index in [1.807, 2.05) is 11.4 Å². The first-order valence-electron chi connectivity index (χ1n) is 6.16. The van der Waals surface area contributed by atoms with Crippen molar-refractivity contribution in [2.24, 2.45) is 0 Å². The summed E-state index contributed by atoms with van der Waals surface area (Å²) in [4.78, 5) is 1.29. The van der Waals surface area contributed by atoms with Gasteiger partial charge in [-0.2, -0.15) is 0 Å². The molecule has 3 heteroatoms. The van der Waals surface area contributed by atoms with Gasteiger partial charge in [0.05, 0.1) is 5.02 Å². The number of hydrogen-bond donors (Lipinski definition) is 1. The summed E-state index contributed by atoms with van der Waals surface area (Å²) in [6.45, 7) is 5.28. The maximum atomic E-state index is 5.91. The molecule has 1 atom stereocenters. The van der Waals surface area contributed by atoms with E-state index in [9.17, 15) is 0 Å². The Balaban J connectivity index is 1.85. The second kappa shape index (κ2) is 6.37. The molecule has 96 valence electrons. The van der Waals surface area contributed by atoms with Crippen LogP contribution in [0.5, 0.6) is 0 Å². The van der Waals surface area contributed by atoms with Crippen LogP contribution in [0.4, 0.5) is 0 Å². The third kappa shape index (κ3) is 3.84. The van der Waals surface area contributed by atoms with Crippen molar-refractivity contribution in [3.8, 4) is 0 Å². The summed E-state index contributed by atoms with van der Waals surface area (Å²) in [5, 5.41) is 6.35. The van der Waals surface area contributed by atoms with Gasteiger partial charge in [0.15, 0.2) is 0 Å². The first kappa shape index (κ1) is 13.6. The Morgan fingerprint density at radius 2 is 2.11 bits per heavy atom. The fourth-order valence-corrected chi connectivity index (χ4v) is 2.99. The normalized spacial score (nSPS) is 12.6. The highest BCUT2D eigenvalue weighted by Gasteiger charge is 2.06. The van der Waals surface area contributed by atoms with E-state index in [0.29, 0.717) is 6.04 Å². The molecule has 1 aromatic carbocycles. The Morgan fingerprint density at radius 3 is 2.78 bits per heavy atom. The van der Waals surface area contributed by atoms with Crippen LogP contribution < -0.4 is 5.32 Å². The zero-order valence-electron chi connectivity index (χ0n) is 10.7. The van der Waals surface area contributed by atoms with Crippen LogP contribution in [0.2, 0.25) is 5.02 Å². The van der Waals surface area contributed by atoms with Crippen molar-refractivity contribution in [3.63, 3.8) is 0 Å². The molecule has 0 saturated heterocycles. The van der Waals surface area contributed by atoms with E-state index < -0.39 is 0 Å². The van der Waals surface area contributed by atoms with Crippen molar-refractivity contribution in [2.75, 3.05) is 0 Å². The fourth-order valence-electron chi connectivity index (χ4n) is 1.96. The molecule has 0 bridgehead atoms. The lowest BCUT2D eigenvalue weighted by atomic mass is 10.0. The standard InChI is InChI=1S/C15H18ClNS/c1-11-5-3-4-6-13(11)7-12(2)17-9-15-8-14(16)10-18-15/h3-6,8,10,12,17H,7,9H2,1-2H3. The molecular formula is C15H18ClNS. The van der Waals surface area contributed by atoms with Crippen LogP contribution in [0.1, 0.15) is 22.9 Å². The van der Waals surface area contributed by atoms with Crippen LogP contribution in [0, 0.1) is 6.92 Å². The smallest absolute Gasteiger partial charge is 0.0516 e. The second-order valence-corrected chi connectivity index (χ2v) is 6.08. The number of halogens is 1. The lowest BCUT2D eigenvalue weighted by Crippen LogP contribution is -2.27. The third-order valence-corrected chi connectivity index (χ3v) is 4.32. The molecule has 0 aliphatic carbocycles. The average Bonchev–Trinajstić information content (AvgIpc) is 2.76. The summed E-state index contributed by atoms with van der Waals surface area (Å²) in [6, 6.07) is 11.1. The quantitative estimate of drug-likeness (QED) is 0.854. The van der Waals surface area contributed by atoms with E-state index in [2.05, 4.69) is 43.4 Å². The highest BCUT2D eigenvalue weighted by Crippen LogP contribution is 2.19. The molecule has 0 radical (unpaired) electrons. The highest BCUT2D eigenvalue weighted by molar-refractivity contribution is 7.10. The fraction of sp³-hybridized carbons (Fsp3) is 0.333. The van der Waals surface area contributed by atoms with Crippen molar-refractivity contribution in [3.05, 3.63) is 56.7 Å². The predicted molar refractivity (Wildman–Crippen MR) is 80.5 cm³/mol. The van der Waals surface area contributed by atoms with Crippen molar-refractivity contribution in [1.29, 1.82) is 0 Å². The molecule has 1 nitrogen and oxygen atoms in total. The number of benzene rings is 1. The van der Waals surface area contributed by atoms with Crippen molar-refractivity contribution in [1.82, 2.24) is 5.32 Å². The Kier molecular flexibility index (Phi) is 4.81. The molecule has 0 aliphatic heterocycles. The first-order chi connectivity index (χ1) is 8.65. The number of rotatable bonds is 5. The molecule has 18 heavy (non-hydrogen) atoms. The van der Waals surface area contributed by atoms with Crippen LogP contribution in [-0.4, -0.2) is 6.04 Å². The number of thiophene rings is 1. The maximum absolute atomic E-state index is 5.91. The summed E-state index contributed by atoms with van der Waals surface area (Å²) < 4.78 is 0. The van der Waals surface area contributed by atoms with Gasteiger partial charge < -0.3 is 5.32 Å². The molecule has 2 aromatic rings. The molecule has 0 amide bonds. The molecule has 1 unspecified atom stereocenters. The SMILES string of the molecule is Cc1ccccc1CC(C)NCc1cc(Cl)cs1. The van der Waals surface area contributed by atoms with Gasteiger partial charge in [-0.25, -0.2) is 0 Å². The number of hydrogen-bond acceptors (Lipinski definition) is 2. The van der Waals surface area contributed by atoms with E-state index in [4.69, 9.17) is 11.6 Å². The zero-order valence-corrected chi connectivity index (χ0v) is 12.3. The third-order valence-electron chi connectivity index (χ3n) is 3.03. The minimum atomic E-state index is 0.465. The van der Waals surface area contributed by atoms with Crippen molar-refractivity contribution in [2.45, 2.75) is 32.9 Å². The van der Waals surface area contributed by atoms with Gasteiger partial charge in [0, 0.05) is 22.8 Å². The maximum Gasteiger partial charge on any atom is 0.0516 e. The Morgan fingerprint density at radius 1 is 1.33 bits per heavy atom. The molecule has 0 aliphatic rings. The van der Waals surface area contributed by atoms with Gasteiger partial charge in [-0.3, -0.25) is 0 Å². The zero-order chi connectivity index (χ0) is 13.0. The average molecular weight is 280 g/mol. The van der Waals surface area contributed by atoms with E-state index in [1.165, 1.54) is 16.0 Å². The lowest BCUT2D eigenvalue weighted by molar-refractivity contribution is 0.548. The molecule has 1 N–H and O–H groups in total. The molecule has 1 aromatic heterocycles. The summed E-state index contributed by atoms with van der Waals surface area (Å²) in [7, 11) is 0. The van der Waals surface area contributed by atoms with E-state index >= 15 is 0 Å². The molecule has 2 rings (SSSR count). The summed E-state index contributed by atoms with van der Waals surface area (Å²) in [5.41, 5.74) is 2.78. The Bertz CT molecular complexity index is 507. The number of aryl methyl sites for hydroxylation is 1. The molecular weight excluding hydrogens is 262 g/mol. The van der Waals surface area contributed by atoms with Gasteiger partial charge in [0.1, 0.15) is 0 Å². The van der Waals surface area contributed by atoms with Crippen LogP contribution in [0.15, 0.2) is 35.7 Å². The van der Waals surface area contributed by atoms with E-state index in [-0.39, 0.29) is 0 Å². The molecule has 1 heterocycles. The summed E-state index contributed by atoms with van der Waals surface area (Å²) >= 11 is 7.62. The summed E-state index contributed by atoms with van der Waals surface area (Å²) in [5.74, 6) is 0. The van der Waals surface area contributed by atoms with E-state index in [0.717, 1.165) is 18.0 Å². The lowest BCUT2D eigenvalue weighted by Gasteiger charge is -2.14. The van der Waals surface area contributed by atoms with Gasteiger partial charge >= 0.3 is 0 Å². The second-order valence-electron chi connectivity index (χ2n) is 4.64. The topological polar surface area (TPSA) is 12.0 Å². The van der Waals surface area contributed by atoms with Crippen molar-refractivity contribution < 1.29 is 0 Å². The number of nitrogens with one attached hydrogen (secondary N) is 1. The molecule has 0 saturated carbocycles. The molecule has 0 fully saturated rings. The minimum absolute atomic E-state index is 0.465. The Labute approximate surface area is 118 Å². The largest absolute Gasteiger partial charge is 0.309 e. The van der Waals surface area contributed by atoms with Crippen LogP contribution in [0.3, 0.4) is 0 Å². The first-order valence-corrected chi connectivity index (χ1v) is 7.41.